The summed E-state index contributed by atoms with van der Waals surface area (Å²) in [7, 11) is 1.57. The van der Waals surface area contributed by atoms with Crippen molar-refractivity contribution >= 4 is 17.5 Å². The first-order chi connectivity index (χ1) is 17.0. The van der Waals surface area contributed by atoms with E-state index in [0.717, 1.165) is 37.2 Å². The fourth-order valence-corrected chi connectivity index (χ4v) is 3.68. The lowest BCUT2D eigenvalue weighted by Gasteiger charge is -2.18. The summed E-state index contributed by atoms with van der Waals surface area (Å²) in [5, 5.41) is 9.13. The van der Waals surface area contributed by atoms with E-state index < -0.39 is 0 Å². The molecular formula is C26H35N7O2. The zero-order chi connectivity index (χ0) is 25.0. The second-order valence-corrected chi connectivity index (χ2v) is 8.12. The van der Waals surface area contributed by atoms with E-state index in [1.165, 1.54) is 0 Å². The minimum atomic E-state index is -0.258. The molecule has 2 heterocycles. The Bertz CT molecular complexity index is 1070. The number of aromatic nitrogens is 3. The molecule has 0 radical (unpaired) electrons. The molecule has 1 unspecified atom stereocenters. The van der Waals surface area contributed by atoms with Crippen molar-refractivity contribution in [1.82, 2.24) is 25.2 Å². The largest absolute Gasteiger partial charge is 0.495 e. The van der Waals surface area contributed by atoms with Crippen molar-refractivity contribution in [3.8, 4) is 17.0 Å². The minimum Gasteiger partial charge on any atom is -0.495 e. The zero-order valence-corrected chi connectivity index (χ0v) is 20.9. The Morgan fingerprint density at radius 3 is 2.66 bits per heavy atom. The predicted molar refractivity (Wildman–Crippen MR) is 140 cm³/mol. The number of ether oxygens (including phenoxy) is 1. The van der Waals surface area contributed by atoms with Crippen molar-refractivity contribution < 1.29 is 9.53 Å². The molecule has 0 saturated carbocycles. The first kappa shape index (κ1) is 25.9. The monoisotopic (exact) mass is 477 g/mol. The quantitative estimate of drug-likeness (QED) is 0.328. The van der Waals surface area contributed by atoms with Crippen LogP contribution in [0.25, 0.3) is 11.3 Å². The summed E-state index contributed by atoms with van der Waals surface area (Å²) in [5.74, 6) is 1.20. The molecule has 3 N–H and O–H groups in total. The van der Waals surface area contributed by atoms with Crippen LogP contribution >= 0.6 is 0 Å². The number of pyridine rings is 1. The molecule has 9 nitrogen and oxygen atoms in total. The fourth-order valence-electron chi connectivity index (χ4n) is 3.68. The Hall–Kier alpha value is -3.72. The molecule has 1 aromatic carbocycles. The van der Waals surface area contributed by atoms with Crippen molar-refractivity contribution in [2.24, 2.45) is 0 Å². The van der Waals surface area contributed by atoms with Gasteiger partial charge in [0.2, 0.25) is 0 Å². The molecule has 35 heavy (non-hydrogen) atoms. The Kier molecular flexibility index (Phi) is 9.80. The van der Waals surface area contributed by atoms with Gasteiger partial charge >= 0.3 is 6.03 Å². The highest BCUT2D eigenvalue weighted by Gasteiger charge is 2.12. The smallest absolute Gasteiger partial charge is 0.319 e. The summed E-state index contributed by atoms with van der Waals surface area (Å²) in [6.45, 7) is 9.92. The Labute approximate surface area is 207 Å². The average Bonchev–Trinajstić information content (AvgIpc) is 2.89. The van der Waals surface area contributed by atoms with Gasteiger partial charge in [0.15, 0.2) is 0 Å². The van der Waals surface area contributed by atoms with E-state index in [4.69, 9.17) is 9.72 Å². The SMILES string of the molecule is CCN(CC)CCCNC(=O)Nc1ccc(-c2cncc(NC(C)c3cccnc3)n2)cc1OC. The number of methoxy groups -OCH3 is 1. The summed E-state index contributed by atoms with van der Waals surface area (Å²) in [5.41, 5.74) is 3.17. The molecule has 9 heteroatoms. The molecule has 1 atom stereocenters. The van der Waals surface area contributed by atoms with Crippen LogP contribution in [0.15, 0.2) is 55.1 Å². The van der Waals surface area contributed by atoms with Crippen LogP contribution in [0.5, 0.6) is 5.75 Å². The van der Waals surface area contributed by atoms with Gasteiger partial charge in [0, 0.05) is 24.5 Å². The second-order valence-electron chi connectivity index (χ2n) is 8.12. The third-order valence-corrected chi connectivity index (χ3v) is 5.76. The van der Waals surface area contributed by atoms with Gasteiger partial charge in [-0.15, -0.1) is 0 Å². The van der Waals surface area contributed by atoms with Gasteiger partial charge in [-0.1, -0.05) is 26.0 Å². The Morgan fingerprint density at radius 1 is 1.11 bits per heavy atom. The van der Waals surface area contributed by atoms with Crippen LogP contribution in [-0.4, -0.2) is 59.2 Å². The highest BCUT2D eigenvalue weighted by Crippen LogP contribution is 2.30. The maximum absolute atomic E-state index is 12.4. The Morgan fingerprint density at radius 2 is 1.94 bits per heavy atom. The summed E-state index contributed by atoms with van der Waals surface area (Å²) in [4.78, 5) is 27.9. The molecule has 186 valence electrons. The van der Waals surface area contributed by atoms with E-state index >= 15 is 0 Å². The number of hydrogen-bond acceptors (Lipinski definition) is 7. The minimum absolute atomic E-state index is 0.0277. The van der Waals surface area contributed by atoms with Crippen molar-refractivity contribution in [3.05, 3.63) is 60.7 Å². The van der Waals surface area contributed by atoms with Gasteiger partial charge in [0.05, 0.1) is 36.9 Å². The summed E-state index contributed by atoms with van der Waals surface area (Å²) in [6, 6.07) is 9.23. The number of carbonyl (C=O) groups excluding carboxylic acids is 1. The molecule has 0 aliphatic carbocycles. The molecule has 0 aliphatic heterocycles. The van der Waals surface area contributed by atoms with Gasteiger partial charge in [-0.2, -0.15) is 0 Å². The first-order valence-electron chi connectivity index (χ1n) is 12.0. The van der Waals surface area contributed by atoms with Gasteiger partial charge in [-0.25, -0.2) is 9.78 Å². The van der Waals surface area contributed by atoms with E-state index in [0.29, 0.717) is 29.5 Å². The molecular weight excluding hydrogens is 442 g/mol. The molecule has 2 amide bonds. The van der Waals surface area contributed by atoms with Crippen LogP contribution in [0.2, 0.25) is 0 Å². The maximum atomic E-state index is 12.4. The predicted octanol–water partition coefficient (Wildman–Crippen LogP) is 4.57. The number of rotatable bonds is 12. The van der Waals surface area contributed by atoms with Crippen LogP contribution in [0, 0.1) is 0 Å². The van der Waals surface area contributed by atoms with Crippen LogP contribution in [-0.2, 0) is 0 Å². The molecule has 0 aliphatic rings. The highest BCUT2D eigenvalue weighted by molar-refractivity contribution is 5.91. The summed E-state index contributed by atoms with van der Waals surface area (Å²) >= 11 is 0. The third-order valence-electron chi connectivity index (χ3n) is 5.76. The Balaban J connectivity index is 1.62. The first-order valence-corrected chi connectivity index (χ1v) is 12.0. The molecule has 0 saturated heterocycles. The van der Waals surface area contributed by atoms with Gasteiger partial charge in [0.1, 0.15) is 11.6 Å². The van der Waals surface area contributed by atoms with Crippen molar-refractivity contribution in [3.63, 3.8) is 0 Å². The van der Waals surface area contributed by atoms with Crippen LogP contribution in [0.4, 0.5) is 16.3 Å². The molecule has 3 rings (SSSR count). The molecule has 2 aromatic heterocycles. The summed E-state index contributed by atoms with van der Waals surface area (Å²) in [6.07, 6.45) is 7.86. The fraction of sp³-hybridized carbons (Fsp3) is 0.385. The number of urea groups is 1. The number of amides is 2. The average molecular weight is 478 g/mol. The lowest BCUT2D eigenvalue weighted by molar-refractivity contribution is 0.250. The maximum Gasteiger partial charge on any atom is 0.319 e. The standard InChI is InChI=1S/C26H35N7O2/c1-5-33(6-2)14-8-13-29-26(34)32-22-11-10-20(15-24(22)35-4)23-17-28-18-25(31-23)30-19(3)21-9-7-12-27-16-21/h7,9-12,15-19H,5-6,8,13-14H2,1-4H3,(H,30,31)(H2,29,32,34). The lowest BCUT2D eigenvalue weighted by Crippen LogP contribution is -2.32. The van der Waals surface area contributed by atoms with Crippen molar-refractivity contribution in [1.29, 1.82) is 0 Å². The van der Waals surface area contributed by atoms with Crippen molar-refractivity contribution in [2.75, 3.05) is 43.9 Å². The molecule has 0 bridgehead atoms. The highest BCUT2D eigenvalue weighted by atomic mass is 16.5. The second kappa shape index (κ2) is 13.2. The molecule has 3 aromatic rings. The van der Waals surface area contributed by atoms with Crippen LogP contribution < -0.4 is 20.7 Å². The lowest BCUT2D eigenvalue weighted by atomic mass is 10.1. The molecule has 0 spiro atoms. The third kappa shape index (κ3) is 7.65. The molecule has 0 fully saturated rings. The van der Waals surface area contributed by atoms with Crippen LogP contribution in [0.3, 0.4) is 0 Å². The topological polar surface area (TPSA) is 104 Å². The normalized spacial score (nSPS) is 11.7. The number of benzene rings is 1. The number of nitrogens with zero attached hydrogens (tertiary/aromatic N) is 4. The van der Waals surface area contributed by atoms with E-state index in [1.807, 2.05) is 43.5 Å². The van der Waals surface area contributed by atoms with E-state index in [2.05, 4.69) is 44.7 Å². The van der Waals surface area contributed by atoms with Gasteiger partial charge < -0.3 is 25.6 Å². The van der Waals surface area contributed by atoms with E-state index in [-0.39, 0.29) is 12.1 Å². The number of hydrogen-bond donors (Lipinski definition) is 3. The number of carbonyl (C=O) groups is 1. The number of nitrogens with one attached hydrogen (secondary N) is 3. The van der Waals surface area contributed by atoms with Gasteiger partial charge in [0.25, 0.3) is 0 Å². The zero-order valence-electron chi connectivity index (χ0n) is 20.9. The van der Waals surface area contributed by atoms with Gasteiger partial charge in [-0.3, -0.25) is 9.97 Å². The van der Waals surface area contributed by atoms with E-state index in [1.54, 1.807) is 25.7 Å². The van der Waals surface area contributed by atoms with E-state index in [9.17, 15) is 4.79 Å². The number of anilines is 2. The van der Waals surface area contributed by atoms with Crippen molar-refractivity contribution in [2.45, 2.75) is 33.2 Å². The summed E-state index contributed by atoms with van der Waals surface area (Å²) < 4.78 is 5.53. The van der Waals surface area contributed by atoms with Crippen LogP contribution in [0.1, 0.15) is 38.8 Å². The van der Waals surface area contributed by atoms with Gasteiger partial charge in [-0.05, 0) is 56.7 Å².